The fraction of sp³-hybridized carbons (Fsp3) is 0.538. The van der Waals surface area contributed by atoms with E-state index in [-0.39, 0.29) is 0 Å². The summed E-state index contributed by atoms with van der Waals surface area (Å²) in [5, 5.41) is 0.836. The highest BCUT2D eigenvalue weighted by molar-refractivity contribution is 6.33. The Morgan fingerprint density at radius 3 is 2.94 bits per heavy atom. The lowest BCUT2D eigenvalue weighted by molar-refractivity contribution is 0.645. The van der Waals surface area contributed by atoms with E-state index in [2.05, 4.69) is 24.0 Å². The molecule has 0 radical (unpaired) electrons. The maximum atomic E-state index is 6.31. The van der Waals surface area contributed by atoms with Crippen LogP contribution in [0.1, 0.15) is 31.7 Å². The number of benzene rings is 1. The summed E-state index contributed by atoms with van der Waals surface area (Å²) < 4.78 is 0. The average Bonchev–Trinajstić information content (AvgIpc) is 2.76. The molecule has 2 N–H and O–H groups in total. The van der Waals surface area contributed by atoms with Gasteiger partial charge in [-0.15, -0.1) is 0 Å². The minimum absolute atomic E-state index is 0.553. The van der Waals surface area contributed by atoms with Gasteiger partial charge in [-0.2, -0.15) is 0 Å². The Bertz CT molecular complexity index is 365. The number of hydrogen-bond acceptors (Lipinski definition) is 2. The lowest BCUT2D eigenvalue weighted by atomic mass is 10.1. The molecular formula is C13H19ClN2. The summed E-state index contributed by atoms with van der Waals surface area (Å²) in [6, 6.07) is 6.83. The topological polar surface area (TPSA) is 29.3 Å². The summed E-state index contributed by atoms with van der Waals surface area (Å²) in [6.45, 7) is 3.92. The van der Waals surface area contributed by atoms with Crippen molar-refractivity contribution in [2.75, 3.05) is 11.4 Å². The van der Waals surface area contributed by atoms with Gasteiger partial charge in [0, 0.05) is 19.1 Å². The molecule has 1 atom stereocenters. The van der Waals surface area contributed by atoms with Gasteiger partial charge < -0.3 is 10.6 Å². The zero-order valence-corrected chi connectivity index (χ0v) is 10.5. The maximum Gasteiger partial charge on any atom is 0.0642 e. The highest BCUT2D eigenvalue weighted by atomic mass is 35.5. The molecule has 1 fully saturated rings. The third-order valence-electron chi connectivity index (χ3n) is 3.41. The standard InChI is InChI=1S/C13H19ClN2/c1-2-11-4-3-7-16(11)13-6-5-10(9-15)8-12(13)14/h5-6,8,11H,2-4,7,9,15H2,1H3. The van der Waals surface area contributed by atoms with E-state index >= 15 is 0 Å². The second kappa shape index (κ2) is 5.07. The van der Waals surface area contributed by atoms with Crippen molar-refractivity contribution in [2.45, 2.75) is 38.8 Å². The van der Waals surface area contributed by atoms with Crippen LogP contribution in [-0.4, -0.2) is 12.6 Å². The third-order valence-corrected chi connectivity index (χ3v) is 3.71. The first-order valence-corrected chi connectivity index (χ1v) is 6.39. The zero-order valence-electron chi connectivity index (χ0n) is 9.75. The Morgan fingerprint density at radius 1 is 1.50 bits per heavy atom. The molecule has 0 spiro atoms. The van der Waals surface area contributed by atoms with E-state index in [1.54, 1.807) is 0 Å². The second-order valence-electron chi connectivity index (χ2n) is 4.39. The van der Waals surface area contributed by atoms with Crippen LogP contribution < -0.4 is 10.6 Å². The van der Waals surface area contributed by atoms with E-state index in [0.29, 0.717) is 12.6 Å². The van der Waals surface area contributed by atoms with Gasteiger partial charge in [-0.3, -0.25) is 0 Å². The van der Waals surface area contributed by atoms with Crippen molar-refractivity contribution >= 4 is 17.3 Å². The minimum Gasteiger partial charge on any atom is -0.367 e. The van der Waals surface area contributed by atoms with Crippen LogP contribution in [0.15, 0.2) is 18.2 Å². The summed E-state index contributed by atoms with van der Waals surface area (Å²) in [5.74, 6) is 0. The van der Waals surface area contributed by atoms with Crippen LogP contribution in [0.4, 0.5) is 5.69 Å². The van der Waals surface area contributed by atoms with Gasteiger partial charge in [0.25, 0.3) is 0 Å². The lowest BCUT2D eigenvalue weighted by Gasteiger charge is -2.27. The molecule has 0 amide bonds. The number of rotatable bonds is 3. The van der Waals surface area contributed by atoms with E-state index in [1.807, 2.05) is 6.07 Å². The molecular weight excluding hydrogens is 220 g/mol. The SMILES string of the molecule is CCC1CCCN1c1ccc(CN)cc1Cl. The first-order chi connectivity index (χ1) is 7.76. The van der Waals surface area contributed by atoms with Gasteiger partial charge in [-0.25, -0.2) is 0 Å². The van der Waals surface area contributed by atoms with Crippen LogP contribution >= 0.6 is 11.6 Å². The average molecular weight is 239 g/mol. The molecule has 0 aliphatic carbocycles. The molecule has 3 heteroatoms. The highest BCUT2D eigenvalue weighted by Crippen LogP contribution is 2.33. The van der Waals surface area contributed by atoms with E-state index in [9.17, 15) is 0 Å². The zero-order chi connectivity index (χ0) is 11.5. The first-order valence-electron chi connectivity index (χ1n) is 6.01. The van der Waals surface area contributed by atoms with E-state index in [1.165, 1.54) is 24.9 Å². The Hall–Kier alpha value is -0.730. The summed E-state index contributed by atoms with van der Waals surface area (Å²) >= 11 is 6.31. The second-order valence-corrected chi connectivity index (χ2v) is 4.79. The molecule has 0 saturated carbocycles. The predicted octanol–water partition coefficient (Wildman–Crippen LogP) is 3.18. The van der Waals surface area contributed by atoms with Gasteiger partial charge in [0.05, 0.1) is 10.7 Å². The number of nitrogens with two attached hydrogens (primary N) is 1. The molecule has 0 bridgehead atoms. The summed E-state index contributed by atoms with van der Waals surface area (Å²) in [4.78, 5) is 2.43. The van der Waals surface area contributed by atoms with Crippen LogP contribution in [0.3, 0.4) is 0 Å². The molecule has 2 rings (SSSR count). The molecule has 1 aliphatic rings. The van der Waals surface area contributed by atoms with Crippen molar-refractivity contribution in [2.24, 2.45) is 5.73 Å². The van der Waals surface area contributed by atoms with E-state index < -0.39 is 0 Å². The number of nitrogens with zero attached hydrogens (tertiary/aromatic N) is 1. The molecule has 88 valence electrons. The van der Waals surface area contributed by atoms with Crippen LogP contribution in [0.25, 0.3) is 0 Å². The van der Waals surface area contributed by atoms with E-state index in [0.717, 1.165) is 17.1 Å². The predicted molar refractivity (Wildman–Crippen MR) is 70.0 cm³/mol. The van der Waals surface area contributed by atoms with Crippen molar-refractivity contribution in [3.63, 3.8) is 0 Å². The van der Waals surface area contributed by atoms with Gasteiger partial charge >= 0.3 is 0 Å². The normalized spacial score (nSPS) is 20.4. The van der Waals surface area contributed by atoms with Gasteiger partial charge in [0.1, 0.15) is 0 Å². The van der Waals surface area contributed by atoms with Crippen molar-refractivity contribution < 1.29 is 0 Å². The van der Waals surface area contributed by atoms with Gasteiger partial charge in [-0.05, 0) is 37.0 Å². The molecule has 0 aromatic heterocycles. The Balaban J connectivity index is 2.26. The monoisotopic (exact) mass is 238 g/mol. The Labute approximate surface area is 102 Å². The van der Waals surface area contributed by atoms with Crippen molar-refractivity contribution in [1.29, 1.82) is 0 Å². The van der Waals surface area contributed by atoms with Crippen molar-refractivity contribution in [3.05, 3.63) is 28.8 Å². The number of halogens is 1. The van der Waals surface area contributed by atoms with Crippen LogP contribution in [-0.2, 0) is 6.54 Å². The number of hydrogen-bond donors (Lipinski definition) is 1. The van der Waals surface area contributed by atoms with Gasteiger partial charge in [0.2, 0.25) is 0 Å². The molecule has 2 nitrogen and oxygen atoms in total. The highest BCUT2D eigenvalue weighted by Gasteiger charge is 2.24. The maximum absolute atomic E-state index is 6.31. The molecule has 16 heavy (non-hydrogen) atoms. The summed E-state index contributed by atoms with van der Waals surface area (Å²) in [5.41, 5.74) is 7.87. The van der Waals surface area contributed by atoms with Gasteiger partial charge in [-0.1, -0.05) is 24.6 Å². The molecule has 1 heterocycles. The number of anilines is 1. The van der Waals surface area contributed by atoms with Crippen molar-refractivity contribution in [3.8, 4) is 0 Å². The molecule has 1 unspecified atom stereocenters. The molecule has 1 aromatic carbocycles. The van der Waals surface area contributed by atoms with Crippen molar-refractivity contribution in [1.82, 2.24) is 0 Å². The van der Waals surface area contributed by atoms with E-state index in [4.69, 9.17) is 17.3 Å². The largest absolute Gasteiger partial charge is 0.367 e. The summed E-state index contributed by atoms with van der Waals surface area (Å²) in [7, 11) is 0. The minimum atomic E-state index is 0.553. The van der Waals surface area contributed by atoms with Crippen LogP contribution in [0.5, 0.6) is 0 Å². The van der Waals surface area contributed by atoms with Crippen LogP contribution in [0.2, 0.25) is 5.02 Å². The Kier molecular flexibility index (Phi) is 3.72. The lowest BCUT2D eigenvalue weighted by Crippen LogP contribution is -2.28. The molecule has 1 saturated heterocycles. The quantitative estimate of drug-likeness (QED) is 0.877. The fourth-order valence-corrected chi connectivity index (χ4v) is 2.80. The first kappa shape index (κ1) is 11.7. The molecule has 1 aliphatic heterocycles. The smallest absolute Gasteiger partial charge is 0.0642 e. The van der Waals surface area contributed by atoms with Crippen LogP contribution in [0, 0.1) is 0 Å². The molecule has 1 aromatic rings. The fourth-order valence-electron chi connectivity index (χ4n) is 2.49. The third kappa shape index (κ3) is 2.18. The van der Waals surface area contributed by atoms with Gasteiger partial charge in [0.15, 0.2) is 0 Å². The Morgan fingerprint density at radius 2 is 2.31 bits per heavy atom. The summed E-state index contributed by atoms with van der Waals surface area (Å²) in [6.07, 6.45) is 3.74.